The van der Waals surface area contributed by atoms with Gasteiger partial charge in [-0.1, -0.05) is 34.8 Å². The van der Waals surface area contributed by atoms with Crippen molar-refractivity contribution in [3.05, 3.63) is 53.6 Å². The molecule has 0 atom stereocenters. The number of carbonyl (C=O) groups is 1. The van der Waals surface area contributed by atoms with Crippen LogP contribution in [0.4, 0.5) is 0 Å². The van der Waals surface area contributed by atoms with E-state index in [1.54, 1.807) is 24.3 Å². The van der Waals surface area contributed by atoms with Gasteiger partial charge in [0.2, 0.25) is 0 Å². The average Bonchev–Trinajstić information content (AvgIpc) is 2.57. The Morgan fingerprint density at radius 2 is 1.82 bits per heavy atom. The van der Waals surface area contributed by atoms with Crippen molar-refractivity contribution in [2.24, 2.45) is 0 Å². The lowest BCUT2D eigenvalue weighted by Gasteiger charge is -2.03. The highest BCUT2D eigenvalue weighted by molar-refractivity contribution is 9.10. The first-order valence-corrected chi connectivity index (χ1v) is 7.18. The van der Waals surface area contributed by atoms with Crippen molar-refractivity contribution in [2.75, 3.05) is 0 Å². The third-order valence-corrected chi connectivity index (χ3v) is 4.46. The summed E-state index contributed by atoms with van der Waals surface area (Å²) < 4.78 is 1.51. The quantitative estimate of drug-likeness (QED) is 0.620. The highest BCUT2D eigenvalue weighted by atomic mass is 79.9. The van der Waals surface area contributed by atoms with E-state index in [4.69, 9.17) is 34.8 Å². The molecule has 0 spiro atoms. The maximum absolute atomic E-state index is 12.2. The molecule has 6 heteroatoms. The van der Waals surface area contributed by atoms with Crippen molar-refractivity contribution >= 4 is 67.9 Å². The fourth-order valence-electron chi connectivity index (χ4n) is 1.31. The van der Waals surface area contributed by atoms with E-state index in [9.17, 15) is 4.79 Å². The molecular formula is C11H4BrCl3OS. The zero-order chi connectivity index (χ0) is 12.6. The summed E-state index contributed by atoms with van der Waals surface area (Å²) in [5.41, 5.74) is 0.912. The molecule has 1 nitrogen and oxygen atoms in total. The Bertz CT molecular complexity index is 594. The molecule has 2 rings (SSSR count). The number of benzene rings is 1. The molecule has 0 amide bonds. The largest absolute Gasteiger partial charge is 0.288 e. The zero-order valence-corrected chi connectivity index (χ0v) is 12.8. The number of hydrogen-bond acceptors (Lipinski definition) is 2. The standard InChI is InChI=1S/C11H4BrCl3OS/c12-8-3-5(13)1-2-6(8)10(16)7-4-9(14)17-11(7)15/h1-4H. The number of thiophene rings is 1. The minimum atomic E-state index is -0.179. The Labute approximate surface area is 125 Å². The third-order valence-electron chi connectivity index (χ3n) is 2.08. The molecule has 0 aliphatic rings. The van der Waals surface area contributed by atoms with Gasteiger partial charge >= 0.3 is 0 Å². The topological polar surface area (TPSA) is 17.1 Å². The van der Waals surface area contributed by atoms with E-state index in [1.807, 2.05) is 0 Å². The lowest BCUT2D eigenvalue weighted by molar-refractivity contribution is 0.103. The Morgan fingerprint density at radius 3 is 2.35 bits per heavy atom. The summed E-state index contributed by atoms with van der Waals surface area (Å²) in [7, 11) is 0. The number of hydrogen-bond donors (Lipinski definition) is 0. The van der Waals surface area contributed by atoms with Gasteiger partial charge in [0.25, 0.3) is 0 Å². The predicted molar refractivity (Wildman–Crippen MR) is 76.9 cm³/mol. The molecule has 1 heterocycles. The van der Waals surface area contributed by atoms with Crippen molar-refractivity contribution in [2.45, 2.75) is 0 Å². The van der Waals surface area contributed by atoms with Crippen LogP contribution in [-0.2, 0) is 0 Å². The van der Waals surface area contributed by atoms with Crippen LogP contribution in [0.25, 0.3) is 0 Å². The van der Waals surface area contributed by atoms with Gasteiger partial charge in [-0.05, 0) is 40.2 Å². The molecule has 1 aromatic carbocycles. The molecule has 2 aromatic rings. The molecule has 0 aliphatic carbocycles. The van der Waals surface area contributed by atoms with Crippen molar-refractivity contribution in [3.63, 3.8) is 0 Å². The smallest absolute Gasteiger partial charge is 0.196 e. The van der Waals surface area contributed by atoms with Crippen LogP contribution in [0.5, 0.6) is 0 Å². The first kappa shape index (κ1) is 13.4. The van der Waals surface area contributed by atoms with Gasteiger partial charge < -0.3 is 0 Å². The summed E-state index contributed by atoms with van der Waals surface area (Å²) in [4.78, 5) is 12.2. The normalized spacial score (nSPS) is 10.6. The number of halogens is 4. The Morgan fingerprint density at radius 1 is 1.12 bits per heavy atom. The van der Waals surface area contributed by atoms with E-state index in [-0.39, 0.29) is 5.78 Å². The molecule has 0 N–H and O–H groups in total. The maximum atomic E-state index is 12.2. The monoisotopic (exact) mass is 368 g/mol. The Balaban J connectivity index is 2.47. The molecule has 1 aromatic heterocycles. The summed E-state index contributed by atoms with van der Waals surface area (Å²) >= 11 is 22.0. The number of ketones is 1. The second kappa shape index (κ2) is 5.29. The van der Waals surface area contributed by atoms with Gasteiger partial charge in [-0.3, -0.25) is 4.79 Å². The van der Waals surface area contributed by atoms with E-state index >= 15 is 0 Å². The molecule has 0 unspecified atom stereocenters. The molecule has 17 heavy (non-hydrogen) atoms. The predicted octanol–water partition coefficient (Wildman–Crippen LogP) is 5.70. The van der Waals surface area contributed by atoms with Crippen LogP contribution in [0.3, 0.4) is 0 Å². The first-order chi connectivity index (χ1) is 7.99. The highest BCUT2D eigenvalue weighted by Crippen LogP contribution is 2.34. The van der Waals surface area contributed by atoms with E-state index in [2.05, 4.69) is 15.9 Å². The second-order valence-electron chi connectivity index (χ2n) is 3.19. The molecule has 88 valence electrons. The van der Waals surface area contributed by atoms with E-state index in [0.717, 1.165) is 0 Å². The van der Waals surface area contributed by atoms with Crippen LogP contribution in [0.15, 0.2) is 28.7 Å². The van der Waals surface area contributed by atoms with Crippen LogP contribution in [0.1, 0.15) is 15.9 Å². The minimum absolute atomic E-state index is 0.179. The van der Waals surface area contributed by atoms with E-state index in [1.165, 1.54) is 11.3 Å². The van der Waals surface area contributed by atoms with Crippen LogP contribution in [0.2, 0.25) is 13.7 Å². The van der Waals surface area contributed by atoms with Gasteiger partial charge in [-0.2, -0.15) is 0 Å². The molecule has 0 saturated carbocycles. The van der Waals surface area contributed by atoms with Crippen LogP contribution < -0.4 is 0 Å². The van der Waals surface area contributed by atoms with Gasteiger partial charge in [0.1, 0.15) is 4.34 Å². The van der Waals surface area contributed by atoms with E-state index in [0.29, 0.717) is 29.3 Å². The van der Waals surface area contributed by atoms with Crippen molar-refractivity contribution in [1.29, 1.82) is 0 Å². The molecule has 0 bridgehead atoms. The van der Waals surface area contributed by atoms with Crippen LogP contribution >= 0.6 is 62.1 Å². The summed E-state index contributed by atoms with van der Waals surface area (Å²) in [5.74, 6) is -0.179. The molecule has 0 radical (unpaired) electrons. The molecule has 0 saturated heterocycles. The minimum Gasteiger partial charge on any atom is -0.288 e. The molecular weight excluding hydrogens is 366 g/mol. The fraction of sp³-hybridized carbons (Fsp3) is 0. The maximum Gasteiger partial charge on any atom is 0.196 e. The van der Waals surface area contributed by atoms with Gasteiger partial charge in [0.15, 0.2) is 5.78 Å². The third kappa shape index (κ3) is 2.85. The average molecular weight is 370 g/mol. The lowest BCUT2D eigenvalue weighted by Crippen LogP contribution is -2.01. The van der Waals surface area contributed by atoms with Gasteiger partial charge in [-0.15, -0.1) is 11.3 Å². The highest BCUT2D eigenvalue weighted by Gasteiger charge is 2.18. The lowest BCUT2D eigenvalue weighted by atomic mass is 10.1. The number of carbonyl (C=O) groups excluding carboxylic acids is 1. The van der Waals surface area contributed by atoms with E-state index < -0.39 is 0 Å². The second-order valence-corrected chi connectivity index (χ2v) is 6.77. The summed E-state index contributed by atoms with van der Waals surface area (Å²) in [6, 6.07) is 6.53. The van der Waals surface area contributed by atoms with Crippen LogP contribution in [-0.4, -0.2) is 5.78 Å². The zero-order valence-electron chi connectivity index (χ0n) is 8.14. The Kier molecular flexibility index (Phi) is 4.16. The summed E-state index contributed by atoms with van der Waals surface area (Å²) in [6.07, 6.45) is 0. The van der Waals surface area contributed by atoms with Crippen molar-refractivity contribution in [3.8, 4) is 0 Å². The Hall–Kier alpha value is -0.0600. The van der Waals surface area contributed by atoms with Crippen molar-refractivity contribution < 1.29 is 4.79 Å². The van der Waals surface area contributed by atoms with Gasteiger partial charge in [0.05, 0.1) is 9.90 Å². The molecule has 0 aliphatic heterocycles. The fourth-order valence-corrected chi connectivity index (χ4v) is 3.63. The number of rotatable bonds is 2. The first-order valence-electron chi connectivity index (χ1n) is 4.43. The van der Waals surface area contributed by atoms with Gasteiger partial charge in [-0.25, -0.2) is 0 Å². The summed E-state index contributed by atoms with van der Waals surface area (Å²) in [6.45, 7) is 0. The molecule has 0 fully saturated rings. The SMILES string of the molecule is O=C(c1ccc(Cl)cc1Br)c1cc(Cl)sc1Cl. The van der Waals surface area contributed by atoms with Crippen molar-refractivity contribution in [1.82, 2.24) is 0 Å². The summed E-state index contributed by atoms with van der Waals surface area (Å²) in [5, 5.41) is 0.558. The van der Waals surface area contributed by atoms with Gasteiger partial charge in [0, 0.05) is 15.1 Å². The van der Waals surface area contributed by atoms with Crippen LogP contribution in [0, 0.1) is 0 Å².